The topological polar surface area (TPSA) is 112 Å². The van der Waals surface area contributed by atoms with Crippen LogP contribution in [-0.4, -0.2) is 73.0 Å². The minimum atomic E-state index is -3.94. The molecule has 1 amide bonds. The second-order valence-corrected chi connectivity index (χ2v) is 8.88. The fourth-order valence-electron chi connectivity index (χ4n) is 3.46. The summed E-state index contributed by atoms with van der Waals surface area (Å²) in [6.07, 6.45) is 1.84. The van der Waals surface area contributed by atoms with E-state index in [4.69, 9.17) is 9.94 Å². The van der Waals surface area contributed by atoms with E-state index in [0.717, 1.165) is 11.4 Å². The van der Waals surface area contributed by atoms with Crippen molar-refractivity contribution in [2.45, 2.75) is 24.5 Å². The molecule has 2 fully saturated rings. The van der Waals surface area contributed by atoms with E-state index in [1.165, 1.54) is 9.79 Å². The van der Waals surface area contributed by atoms with Crippen molar-refractivity contribution in [2.24, 2.45) is 0 Å². The molecule has 152 valence electrons. The highest BCUT2D eigenvalue weighted by Gasteiger charge is 2.54. The fraction of sp³-hybridized carbons (Fsp3) is 0.625. The Kier molecular flexibility index (Phi) is 7.03. The van der Waals surface area contributed by atoms with Gasteiger partial charge in [-0.3, -0.25) is 10.0 Å². The lowest BCUT2D eigenvalue weighted by Gasteiger charge is -2.41. The SMILES string of the molecule is Cc1ccc(N2CCN(S(=O)(=O)C3(C(=O)NO)CCOCC3)CC2)nc1.Cl. The van der Waals surface area contributed by atoms with Gasteiger partial charge in [-0.15, -0.1) is 12.4 Å². The minimum Gasteiger partial charge on any atom is -0.381 e. The van der Waals surface area contributed by atoms with Gasteiger partial charge in [-0.05, 0) is 18.6 Å². The zero-order valence-corrected chi connectivity index (χ0v) is 16.8. The van der Waals surface area contributed by atoms with Crippen LogP contribution < -0.4 is 10.4 Å². The molecule has 0 saturated carbocycles. The number of halogens is 1. The van der Waals surface area contributed by atoms with Crippen molar-refractivity contribution in [3.05, 3.63) is 23.9 Å². The molecule has 0 spiro atoms. The summed E-state index contributed by atoms with van der Waals surface area (Å²) in [6, 6.07) is 3.88. The number of hydrogen-bond acceptors (Lipinski definition) is 7. The summed E-state index contributed by atoms with van der Waals surface area (Å²) < 4.78 is 31.3. The van der Waals surface area contributed by atoms with Crippen LogP contribution in [0.15, 0.2) is 18.3 Å². The molecule has 2 aliphatic heterocycles. The average molecular weight is 421 g/mol. The van der Waals surface area contributed by atoms with Crippen LogP contribution >= 0.6 is 12.4 Å². The number of carbonyl (C=O) groups is 1. The number of rotatable bonds is 4. The van der Waals surface area contributed by atoms with Crippen LogP contribution in [-0.2, 0) is 19.6 Å². The van der Waals surface area contributed by atoms with E-state index in [1.807, 2.05) is 24.0 Å². The first-order chi connectivity index (χ1) is 12.4. The van der Waals surface area contributed by atoms with Crippen LogP contribution in [0.25, 0.3) is 0 Å². The van der Waals surface area contributed by atoms with E-state index < -0.39 is 20.7 Å². The summed E-state index contributed by atoms with van der Waals surface area (Å²) in [4.78, 5) is 18.7. The fourth-order valence-corrected chi connectivity index (χ4v) is 5.56. The van der Waals surface area contributed by atoms with Gasteiger partial charge in [-0.2, -0.15) is 4.31 Å². The van der Waals surface area contributed by atoms with Gasteiger partial charge in [-0.25, -0.2) is 18.9 Å². The molecule has 27 heavy (non-hydrogen) atoms. The molecule has 0 radical (unpaired) electrons. The number of nitrogens with one attached hydrogen (secondary N) is 1. The van der Waals surface area contributed by atoms with Crippen LogP contribution in [0.4, 0.5) is 5.82 Å². The summed E-state index contributed by atoms with van der Waals surface area (Å²) in [5.41, 5.74) is 2.60. The molecule has 1 aromatic heterocycles. The number of nitrogens with zero attached hydrogens (tertiary/aromatic N) is 3. The van der Waals surface area contributed by atoms with Crippen molar-refractivity contribution >= 4 is 34.2 Å². The Balaban J connectivity index is 0.00000261. The Labute approximate surface area is 165 Å². The second-order valence-electron chi connectivity index (χ2n) is 6.63. The quantitative estimate of drug-likeness (QED) is 0.532. The molecule has 3 rings (SSSR count). The summed E-state index contributed by atoms with van der Waals surface area (Å²) in [5, 5.41) is 9.09. The summed E-state index contributed by atoms with van der Waals surface area (Å²) in [6.45, 7) is 3.80. The van der Waals surface area contributed by atoms with Crippen molar-refractivity contribution < 1.29 is 23.2 Å². The zero-order chi connectivity index (χ0) is 18.8. The molecule has 11 heteroatoms. The lowest BCUT2D eigenvalue weighted by molar-refractivity contribution is -0.134. The number of ether oxygens (including phenoxy) is 1. The lowest BCUT2D eigenvalue weighted by atomic mass is 9.98. The number of anilines is 1. The first-order valence-corrected chi connectivity index (χ1v) is 10.0. The average Bonchev–Trinajstić information content (AvgIpc) is 2.68. The molecule has 2 aliphatic rings. The van der Waals surface area contributed by atoms with Crippen molar-refractivity contribution in [1.82, 2.24) is 14.8 Å². The molecule has 0 unspecified atom stereocenters. The van der Waals surface area contributed by atoms with Gasteiger partial charge in [-0.1, -0.05) is 6.07 Å². The molecule has 0 bridgehead atoms. The van der Waals surface area contributed by atoms with Crippen LogP contribution in [0.2, 0.25) is 0 Å². The molecule has 0 aromatic carbocycles. The number of aromatic nitrogens is 1. The number of piperazine rings is 1. The summed E-state index contributed by atoms with van der Waals surface area (Å²) in [5.74, 6) is -0.0787. The molecule has 2 N–H and O–H groups in total. The van der Waals surface area contributed by atoms with E-state index in [0.29, 0.717) is 13.1 Å². The molecule has 3 heterocycles. The Hall–Kier alpha value is -1.46. The predicted molar refractivity (Wildman–Crippen MR) is 102 cm³/mol. The number of sulfonamides is 1. The van der Waals surface area contributed by atoms with E-state index in [1.54, 1.807) is 6.20 Å². The number of pyridine rings is 1. The Morgan fingerprint density at radius 2 is 1.85 bits per heavy atom. The molecule has 2 saturated heterocycles. The highest BCUT2D eigenvalue weighted by molar-refractivity contribution is 7.91. The standard InChI is InChI=1S/C16H24N4O5S.ClH/c1-13-2-3-14(17-12-13)19-6-8-20(9-7-19)26(23,24)16(15(21)18-22)4-10-25-11-5-16;/h2-3,12,22H,4-11H2,1H3,(H,18,21);1H. The van der Waals surface area contributed by atoms with E-state index in [-0.39, 0.29) is 51.6 Å². The molecular formula is C16H25ClN4O5S. The van der Waals surface area contributed by atoms with Gasteiger partial charge < -0.3 is 9.64 Å². The third-order valence-electron chi connectivity index (χ3n) is 5.11. The van der Waals surface area contributed by atoms with E-state index in [2.05, 4.69) is 4.98 Å². The maximum atomic E-state index is 13.2. The third kappa shape index (κ3) is 4.04. The van der Waals surface area contributed by atoms with Crippen molar-refractivity contribution in [3.8, 4) is 0 Å². The Morgan fingerprint density at radius 3 is 2.37 bits per heavy atom. The second kappa shape index (κ2) is 8.70. The predicted octanol–water partition coefficient (Wildman–Crippen LogP) is 0.318. The summed E-state index contributed by atoms with van der Waals surface area (Å²) in [7, 11) is -3.94. The van der Waals surface area contributed by atoms with Gasteiger partial charge in [0.2, 0.25) is 10.0 Å². The maximum Gasteiger partial charge on any atom is 0.266 e. The number of carbonyl (C=O) groups excluding carboxylic acids is 1. The minimum absolute atomic E-state index is 0. The normalized spacial score (nSPS) is 20.6. The van der Waals surface area contributed by atoms with E-state index >= 15 is 0 Å². The molecular weight excluding hydrogens is 396 g/mol. The van der Waals surface area contributed by atoms with Gasteiger partial charge >= 0.3 is 0 Å². The molecule has 1 aromatic rings. The largest absolute Gasteiger partial charge is 0.381 e. The number of hydroxylamine groups is 1. The number of hydrogen-bond donors (Lipinski definition) is 2. The van der Waals surface area contributed by atoms with Crippen molar-refractivity contribution in [2.75, 3.05) is 44.3 Å². The smallest absolute Gasteiger partial charge is 0.266 e. The lowest BCUT2D eigenvalue weighted by Crippen LogP contribution is -2.62. The monoisotopic (exact) mass is 420 g/mol. The van der Waals surface area contributed by atoms with Crippen LogP contribution in [0.5, 0.6) is 0 Å². The van der Waals surface area contributed by atoms with Crippen LogP contribution in [0, 0.1) is 6.92 Å². The molecule has 0 aliphatic carbocycles. The van der Waals surface area contributed by atoms with Crippen LogP contribution in [0.1, 0.15) is 18.4 Å². The maximum absolute atomic E-state index is 13.2. The van der Waals surface area contributed by atoms with Crippen LogP contribution in [0.3, 0.4) is 0 Å². The van der Waals surface area contributed by atoms with Crippen molar-refractivity contribution in [1.29, 1.82) is 0 Å². The van der Waals surface area contributed by atoms with Gasteiger partial charge in [0, 0.05) is 58.4 Å². The first kappa shape index (κ1) is 21.8. The van der Waals surface area contributed by atoms with Gasteiger partial charge in [0.25, 0.3) is 5.91 Å². The van der Waals surface area contributed by atoms with Gasteiger partial charge in [0.05, 0.1) is 0 Å². The Morgan fingerprint density at radius 1 is 1.22 bits per heavy atom. The van der Waals surface area contributed by atoms with Gasteiger partial charge in [0.15, 0.2) is 4.75 Å². The first-order valence-electron chi connectivity index (χ1n) is 8.60. The zero-order valence-electron chi connectivity index (χ0n) is 15.1. The highest BCUT2D eigenvalue weighted by Crippen LogP contribution is 2.33. The number of amides is 1. The number of aryl methyl sites for hydroxylation is 1. The van der Waals surface area contributed by atoms with Crippen molar-refractivity contribution in [3.63, 3.8) is 0 Å². The highest BCUT2D eigenvalue weighted by atomic mass is 35.5. The molecule has 9 nitrogen and oxygen atoms in total. The Bertz CT molecular complexity index is 745. The third-order valence-corrected chi connectivity index (χ3v) is 7.73. The van der Waals surface area contributed by atoms with Gasteiger partial charge in [0.1, 0.15) is 5.82 Å². The summed E-state index contributed by atoms with van der Waals surface area (Å²) >= 11 is 0. The van der Waals surface area contributed by atoms with E-state index in [9.17, 15) is 13.2 Å². The molecule has 0 atom stereocenters.